The van der Waals surface area contributed by atoms with E-state index < -0.39 is 5.41 Å². The number of nitrogens with one attached hydrogen (secondary N) is 2. The van der Waals surface area contributed by atoms with E-state index in [1.165, 1.54) is 0 Å². The predicted octanol–water partition coefficient (Wildman–Crippen LogP) is 2.75. The van der Waals surface area contributed by atoms with Gasteiger partial charge in [-0.05, 0) is 31.4 Å². The molecule has 2 amide bonds. The first-order chi connectivity index (χ1) is 9.75. The second-order valence-corrected chi connectivity index (χ2v) is 6.41. The summed E-state index contributed by atoms with van der Waals surface area (Å²) in [5.74, 6) is -0.243. The van der Waals surface area contributed by atoms with Crippen molar-refractivity contribution in [3.05, 3.63) is 34.9 Å². The maximum Gasteiger partial charge on any atom is 0.235 e. The zero-order valence-corrected chi connectivity index (χ0v) is 13.8. The zero-order valence-electron chi connectivity index (χ0n) is 13.0. The minimum Gasteiger partial charge on any atom is -0.355 e. The van der Waals surface area contributed by atoms with Crippen LogP contribution in [-0.4, -0.2) is 18.4 Å². The Hall–Kier alpha value is -1.55. The first-order valence-electron chi connectivity index (χ1n) is 7.05. The molecule has 1 aromatic carbocycles. The molecule has 1 rings (SSSR count). The first-order valence-corrected chi connectivity index (χ1v) is 7.43. The smallest absolute Gasteiger partial charge is 0.235 e. The third kappa shape index (κ3) is 5.05. The fraction of sp³-hybridized carbons (Fsp3) is 0.500. The van der Waals surface area contributed by atoms with E-state index in [0.29, 0.717) is 24.0 Å². The van der Waals surface area contributed by atoms with Crippen LogP contribution in [0.5, 0.6) is 0 Å². The number of amides is 2. The Bertz CT molecular complexity index is 513. The van der Waals surface area contributed by atoms with Gasteiger partial charge in [-0.15, -0.1) is 0 Å². The molecule has 0 unspecified atom stereocenters. The van der Waals surface area contributed by atoms with E-state index in [2.05, 4.69) is 10.6 Å². The molecule has 0 atom stereocenters. The molecule has 4 nitrogen and oxygen atoms in total. The van der Waals surface area contributed by atoms with Crippen molar-refractivity contribution >= 4 is 23.4 Å². The van der Waals surface area contributed by atoms with Crippen molar-refractivity contribution in [2.45, 2.75) is 34.2 Å². The average molecular weight is 311 g/mol. The molecular weight excluding hydrogens is 288 g/mol. The lowest BCUT2D eigenvalue weighted by Crippen LogP contribution is -2.48. The van der Waals surface area contributed by atoms with Gasteiger partial charge in [0.2, 0.25) is 11.8 Å². The highest BCUT2D eigenvalue weighted by Gasteiger charge is 2.35. The van der Waals surface area contributed by atoms with Crippen molar-refractivity contribution in [2.75, 3.05) is 6.54 Å². The number of carbonyl (C=O) groups excluding carboxylic acids is 2. The van der Waals surface area contributed by atoms with Gasteiger partial charge in [-0.1, -0.05) is 43.6 Å². The highest BCUT2D eigenvalue weighted by Crippen LogP contribution is 2.18. The summed E-state index contributed by atoms with van der Waals surface area (Å²) in [4.78, 5) is 24.3. The maximum absolute atomic E-state index is 12.2. The molecule has 0 heterocycles. The predicted molar refractivity (Wildman–Crippen MR) is 84.9 cm³/mol. The lowest BCUT2D eigenvalue weighted by atomic mass is 9.90. The van der Waals surface area contributed by atoms with Crippen molar-refractivity contribution in [3.63, 3.8) is 0 Å². The van der Waals surface area contributed by atoms with Crippen LogP contribution < -0.4 is 10.6 Å². The molecule has 0 fully saturated rings. The number of carbonyl (C=O) groups is 2. The number of halogens is 1. The van der Waals surface area contributed by atoms with E-state index >= 15 is 0 Å². The van der Waals surface area contributed by atoms with Gasteiger partial charge in [0.05, 0.1) is 0 Å². The van der Waals surface area contributed by atoms with Gasteiger partial charge < -0.3 is 10.6 Å². The highest BCUT2D eigenvalue weighted by atomic mass is 35.5. The average Bonchev–Trinajstić information content (AvgIpc) is 2.43. The van der Waals surface area contributed by atoms with Gasteiger partial charge in [-0.25, -0.2) is 0 Å². The summed E-state index contributed by atoms with van der Waals surface area (Å²) in [6, 6.07) is 7.29. The number of hydrogen-bond donors (Lipinski definition) is 2. The molecule has 0 saturated heterocycles. The molecular formula is C16H23ClN2O2. The third-order valence-corrected chi connectivity index (χ3v) is 3.57. The minimum atomic E-state index is -1.11. The second kappa shape index (κ2) is 7.46. The maximum atomic E-state index is 12.2. The Labute approximate surface area is 131 Å². The summed E-state index contributed by atoms with van der Waals surface area (Å²) < 4.78 is 0. The number of benzene rings is 1. The van der Waals surface area contributed by atoms with Crippen LogP contribution in [0.4, 0.5) is 0 Å². The van der Waals surface area contributed by atoms with E-state index in [9.17, 15) is 9.59 Å². The molecule has 0 saturated carbocycles. The van der Waals surface area contributed by atoms with Gasteiger partial charge in [0.15, 0.2) is 0 Å². The van der Waals surface area contributed by atoms with Crippen LogP contribution in [0.1, 0.15) is 33.3 Å². The Kier molecular flexibility index (Phi) is 6.21. The molecule has 0 aliphatic rings. The second-order valence-electron chi connectivity index (χ2n) is 6.00. The van der Waals surface area contributed by atoms with E-state index in [1.54, 1.807) is 19.9 Å². The number of rotatable bonds is 6. The SMILES string of the molecule is CC(C)CNC(=O)C(C)(C)C(=O)NCc1ccccc1Cl. The van der Waals surface area contributed by atoms with Crippen LogP contribution in [0.2, 0.25) is 5.02 Å². The quantitative estimate of drug-likeness (QED) is 0.794. The molecule has 0 aliphatic heterocycles. The van der Waals surface area contributed by atoms with Crippen LogP contribution in [0, 0.1) is 11.3 Å². The van der Waals surface area contributed by atoms with Crippen molar-refractivity contribution in [1.82, 2.24) is 10.6 Å². The lowest BCUT2D eigenvalue weighted by Gasteiger charge is -2.23. The summed E-state index contributed by atoms with van der Waals surface area (Å²) in [5, 5.41) is 6.15. The van der Waals surface area contributed by atoms with Gasteiger partial charge in [-0.3, -0.25) is 9.59 Å². The highest BCUT2D eigenvalue weighted by molar-refractivity contribution is 6.31. The minimum absolute atomic E-state index is 0.271. The molecule has 0 radical (unpaired) electrons. The number of hydrogen-bond acceptors (Lipinski definition) is 2. The van der Waals surface area contributed by atoms with Crippen molar-refractivity contribution < 1.29 is 9.59 Å². The normalized spacial score (nSPS) is 11.3. The fourth-order valence-corrected chi connectivity index (χ4v) is 1.86. The first kappa shape index (κ1) is 17.5. The largest absolute Gasteiger partial charge is 0.355 e. The Morgan fingerprint density at radius 2 is 1.71 bits per heavy atom. The van der Waals surface area contributed by atoms with Crippen LogP contribution >= 0.6 is 11.6 Å². The standard InChI is InChI=1S/C16H23ClN2O2/c1-11(2)9-18-14(20)16(3,4)15(21)19-10-12-7-5-6-8-13(12)17/h5-8,11H,9-10H2,1-4H3,(H,18,20)(H,19,21). The summed E-state index contributed by atoms with van der Waals surface area (Å²) in [6.45, 7) is 8.10. The van der Waals surface area contributed by atoms with Crippen LogP contribution in [0.3, 0.4) is 0 Å². The molecule has 21 heavy (non-hydrogen) atoms. The van der Waals surface area contributed by atoms with Crippen molar-refractivity contribution in [3.8, 4) is 0 Å². The fourth-order valence-electron chi connectivity index (χ4n) is 1.66. The van der Waals surface area contributed by atoms with E-state index in [4.69, 9.17) is 11.6 Å². The van der Waals surface area contributed by atoms with Gasteiger partial charge in [-0.2, -0.15) is 0 Å². The van der Waals surface area contributed by atoms with Crippen LogP contribution in [0.15, 0.2) is 24.3 Å². The van der Waals surface area contributed by atoms with E-state index in [1.807, 2.05) is 32.0 Å². The summed E-state index contributed by atoms with van der Waals surface area (Å²) in [5.41, 5.74) is -0.290. The van der Waals surface area contributed by atoms with Crippen molar-refractivity contribution in [2.24, 2.45) is 11.3 Å². The molecule has 0 aromatic heterocycles. The Morgan fingerprint density at radius 3 is 2.29 bits per heavy atom. The monoisotopic (exact) mass is 310 g/mol. The van der Waals surface area contributed by atoms with E-state index in [0.717, 1.165) is 5.56 Å². The van der Waals surface area contributed by atoms with Gasteiger partial charge in [0.1, 0.15) is 5.41 Å². The molecule has 5 heteroatoms. The topological polar surface area (TPSA) is 58.2 Å². The summed E-state index contributed by atoms with van der Waals surface area (Å²) >= 11 is 6.04. The van der Waals surface area contributed by atoms with Gasteiger partial charge in [0.25, 0.3) is 0 Å². The van der Waals surface area contributed by atoms with Crippen molar-refractivity contribution in [1.29, 1.82) is 0 Å². The Balaban J connectivity index is 2.61. The Morgan fingerprint density at radius 1 is 1.14 bits per heavy atom. The van der Waals surface area contributed by atoms with Gasteiger partial charge >= 0.3 is 0 Å². The summed E-state index contributed by atoms with van der Waals surface area (Å²) in [6.07, 6.45) is 0. The lowest BCUT2D eigenvalue weighted by molar-refractivity contribution is -0.141. The third-order valence-electron chi connectivity index (χ3n) is 3.20. The molecule has 116 valence electrons. The van der Waals surface area contributed by atoms with Crippen LogP contribution in [-0.2, 0) is 16.1 Å². The summed E-state index contributed by atoms with van der Waals surface area (Å²) in [7, 11) is 0. The zero-order chi connectivity index (χ0) is 16.0. The molecule has 1 aromatic rings. The van der Waals surface area contributed by atoms with E-state index in [-0.39, 0.29) is 11.8 Å². The molecule has 2 N–H and O–H groups in total. The van der Waals surface area contributed by atoms with Gasteiger partial charge in [0, 0.05) is 18.1 Å². The molecule has 0 spiro atoms. The molecule has 0 aliphatic carbocycles. The van der Waals surface area contributed by atoms with Crippen LogP contribution in [0.25, 0.3) is 0 Å². The molecule has 0 bridgehead atoms.